The lowest BCUT2D eigenvalue weighted by atomic mass is 9.97. The second-order valence-electron chi connectivity index (χ2n) is 5.56. The highest BCUT2D eigenvalue weighted by Crippen LogP contribution is 2.19. The number of hydrogen-bond donors (Lipinski definition) is 3. The van der Waals surface area contributed by atoms with E-state index in [0.717, 1.165) is 18.5 Å². The molecular formula is C16H19N5O2. The van der Waals surface area contributed by atoms with Crippen LogP contribution in [0.1, 0.15) is 12.8 Å². The zero-order valence-corrected chi connectivity index (χ0v) is 12.7. The molecule has 0 radical (unpaired) electrons. The van der Waals surface area contributed by atoms with Crippen LogP contribution in [0.4, 0.5) is 16.2 Å². The average molecular weight is 313 g/mol. The largest absolute Gasteiger partial charge is 0.326 e. The van der Waals surface area contributed by atoms with E-state index in [-0.39, 0.29) is 17.9 Å². The van der Waals surface area contributed by atoms with Crippen LogP contribution in [0.15, 0.2) is 42.7 Å². The fourth-order valence-corrected chi connectivity index (χ4v) is 2.66. The Morgan fingerprint density at radius 1 is 1.17 bits per heavy atom. The Labute approximate surface area is 134 Å². The van der Waals surface area contributed by atoms with Crippen LogP contribution in [0.5, 0.6) is 0 Å². The van der Waals surface area contributed by atoms with Crippen LogP contribution in [0, 0.1) is 5.92 Å². The number of rotatable bonds is 3. The number of likely N-dealkylation sites (tertiary alicyclic amines) is 1. The van der Waals surface area contributed by atoms with Gasteiger partial charge in [0.25, 0.3) is 0 Å². The van der Waals surface area contributed by atoms with Crippen LogP contribution in [0.3, 0.4) is 0 Å². The molecule has 2 aromatic rings. The van der Waals surface area contributed by atoms with Crippen molar-refractivity contribution in [3.05, 3.63) is 42.7 Å². The highest BCUT2D eigenvalue weighted by atomic mass is 16.2. The molecule has 3 rings (SSSR count). The van der Waals surface area contributed by atoms with E-state index in [4.69, 9.17) is 0 Å². The predicted octanol–water partition coefficient (Wildman–Crippen LogP) is 2.29. The van der Waals surface area contributed by atoms with Gasteiger partial charge in [0.2, 0.25) is 5.91 Å². The molecule has 0 saturated carbocycles. The summed E-state index contributed by atoms with van der Waals surface area (Å²) in [4.78, 5) is 26.3. The molecule has 7 nitrogen and oxygen atoms in total. The summed E-state index contributed by atoms with van der Waals surface area (Å²) < 4.78 is 0. The number of para-hydroxylation sites is 1. The first-order chi connectivity index (χ1) is 11.2. The third kappa shape index (κ3) is 3.88. The van der Waals surface area contributed by atoms with Crippen molar-refractivity contribution in [3.8, 4) is 0 Å². The molecule has 0 aliphatic carbocycles. The van der Waals surface area contributed by atoms with Gasteiger partial charge in [0, 0.05) is 25.0 Å². The molecule has 1 aliphatic rings. The number of carbonyl (C=O) groups excluding carboxylic acids is 2. The number of hydrogen-bond acceptors (Lipinski definition) is 3. The van der Waals surface area contributed by atoms with Gasteiger partial charge in [0.05, 0.1) is 17.8 Å². The van der Waals surface area contributed by atoms with Crippen LogP contribution in [0.2, 0.25) is 0 Å². The van der Waals surface area contributed by atoms with Gasteiger partial charge in [-0.2, -0.15) is 5.10 Å². The van der Waals surface area contributed by atoms with Crippen LogP contribution in [0.25, 0.3) is 0 Å². The van der Waals surface area contributed by atoms with Gasteiger partial charge in [-0.05, 0) is 25.0 Å². The van der Waals surface area contributed by atoms with Crippen molar-refractivity contribution < 1.29 is 9.59 Å². The minimum atomic E-state index is -0.205. The standard InChI is InChI=1S/C16H19N5O2/c22-15(19-13-6-2-1-3-7-13)12-5-4-8-21(11-12)16(23)20-14-9-17-18-10-14/h1-3,6-7,9-10,12H,4-5,8,11H2,(H,17,18)(H,19,22)(H,20,23)/t12-/m1/s1. The number of H-pyrrole nitrogens is 1. The van der Waals surface area contributed by atoms with Crippen LogP contribution in [-0.2, 0) is 4.79 Å². The van der Waals surface area contributed by atoms with Gasteiger partial charge in [-0.3, -0.25) is 9.89 Å². The summed E-state index contributed by atoms with van der Waals surface area (Å²) >= 11 is 0. The number of benzene rings is 1. The number of nitrogens with zero attached hydrogens (tertiary/aromatic N) is 2. The number of anilines is 2. The van der Waals surface area contributed by atoms with E-state index in [2.05, 4.69) is 20.8 Å². The summed E-state index contributed by atoms with van der Waals surface area (Å²) in [6, 6.07) is 9.15. The van der Waals surface area contributed by atoms with Crippen molar-refractivity contribution in [2.45, 2.75) is 12.8 Å². The van der Waals surface area contributed by atoms with Crippen LogP contribution in [-0.4, -0.2) is 40.1 Å². The first kappa shape index (κ1) is 15.1. The van der Waals surface area contributed by atoms with Crippen molar-refractivity contribution in [1.82, 2.24) is 15.1 Å². The van der Waals surface area contributed by atoms with Gasteiger partial charge in [-0.25, -0.2) is 4.79 Å². The van der Waals surface area contributed by atoms with Gasteiger partial charge in [-0.1, -0.05) is 18.2 Å². The minimum Gasteiger partial charge on any atom is -0.326 e. The predicted molar refractivity (Wildman–Crippen MR) is 87.0 cm³/mol. The van der Waals surface area contributed by atoms with Crippen molar-refractivity contribution in [1.29, 1.82) is 0 Å². The Bertz CT molecular complexity index is 656. The molecule has 3 N–H and O–H groups in total. The van der Waals surface area contributed by atoms with E-state index in [1.807, 2.05) is 30.3 Å². The number of carbonyl (C=O) groups is 2. The minimum absolute atomic E-state index is 0.0444. The number of aromatic nitrogens is 2. The fraction of sp³-hybridized carbons (Fsp3) is 0.312. The lowest BCUT2D eigenvalue weighted by molar-refractivity contribution is -0.121. The first-order valence-corrected chi connectivity index (χ1v) is 7.63. The Kier molecular flexibility index (Phi) is 4.56. The third-order valence-electron chi connectivity index (χ3n) is 3.87. The maximum absolute atomic E-state index is 12.4. The first-order valence-electron chi connectivity index (χ1n) is 7.63. The number of aromatic amines is 1. The second-order valence-corrected chi connectivity index (χ2v) is 5.56. The Morgan fingerprint density at radius 2 is 2.00 bits per heavy atom. The molecule has 1 aromatic heterocycles. The maximum Gasteiger partial charge on any atom is 0.321 e. The molecule has 120 valence electrons. The summed E-state index contributed by atoms with van der Waals surface area (Å²) in [7, 11) is 0. The summed E-state index contributed by atoms with van der Waals surface area (Å²) in [5, 5.41) is 12.1. The van der Waals surface area contributed by atoms with E-state index in [1.165, 1.54) is 0 Å². The molecule has 1 saturated heterocycles. The number of amides is 3. The van der Waals surface area contributed by atoms with E-state index in [1.54, 1.807) is 17.3 Å². The van der Waals surface area contributed by atoms with Crippen LogP contribution >= 0.6 is 0 Å². The van der Waals surface area contributed by atoms with Gasteiger partial charge >= 0.3 is 6.03 Å². The second kappa shape index (κ2) is 6.95. The Morgan fingerprint density at radius 3 is 2.74 bits per heavy atom. The molecule has 0 spiro atoms. The molecule has 2 heterocycles. The lowest BCUT2D eigenvalue weighted by Crippen LogP contribution is -2.45. The van der Waals surface area contributed by atoms with Crippen molar-refractivity contribution >= 4 is 23.3 Å². The molecule has 1 aliphatic heterocycles. The monoisotopic (exact) mass is 313 g/mol. The Balaban J connectivity index is 1.57. The van der Waals surface area contributed by atoms with Crippen LogP contribution < -0.4 is 10.6 Å². The maximum atomic E-state index is 12.4. The molecular weight excluding hydrogens is 294 g/mol. The number of urea groups is 1. The average Bonchev–Trinajstić information content (AvgIpc) is 3.09. The van der Waals surface area contributed by atoms with Gasteiger partial charge < -0.3 is 15.5 Å². The summed E-state index contributed by atoms with van der Waals surface area (Å²) in [5.41, 5.74) is 1.39. The van der Waals surface area contributed by atoms with E-state index in [0.29, 0.717) is 18.8 Å². The molecule has 1 atom stereocenters. The molecule has 23 heavy (non-hydrogen) atoms. The topological polar surface area (TPSA) is 90.1 Å². The highest BCUT2D eigenvalue weighted by Gasteiger charge is 2.28. The zero-order valence-electron chi connectivity index (χ0n) is 12.7. The molecule has 1 fully saturated rings. The van der Waals surface area contributed by atoms with E-state index >= 15 is 0 Å². The number of nitrogens with one attached hydrogen (secondary N) is 3. The third-order valence-corrected chi connectivity index (χ3v) is 3.87. The highest BCUT2D eigenvalue weighted by molar-refractivity contribution is 5.94. The summed E-state index contributed by atoms with van der Waals surface area (Å²) in [6.07, 6.45) is 4.75. The molecule has 0 bridgehead atoms. The van der Waals surface area contributed by atoms with Gasteiger partial charge in [-0.15, -0.1) is 0 Å². The lowest BCUT2D eigenvalue weighted by Gasteiger charge is -2.31. The summed E-state index contributed by atoms with van der Waals surface area (Å²) in [5.74, 6) is -0.240. The normalized spacial score (nSPS) is 17.6. The zero-order chi connectivity index (χ0) is 16.1. The van der Waals surface area contributed by atoms with Gasteiger partial charge in [0.15, 0.2) is 0 Å². The van der Waals surface area contributed by atoms with Crippen molar-refractivity contribution in [2.24, 2.45) is 5.92 Å². The molecule has 7 heteroatoms. The fourth-order valence-electron chi connectivity index (χ4n) is 2.66. The van der Waals surface area contributed by atoms with E-state index in [9.17, 15) is 9.59 Å². The smallest absolute Gasteiger partial charge is 0.321 e. The van der Waals surface area contributed by atoms with Crippen molar-refractivity contribution in [3.63, 3.8) is 0 Å². The quantitative estimate of drug-likeness (QED) is 0.812. The van der Waals surface area contributed by atoms with E-state index < -0.39 is 0 Å². The Hall–Kier alpha value is -2.83. The molecule has 3 amide bonds. The number of piperidine rings is 1. The molecule has 1 aromatic carbocycles. The van der Waals surface area contributed by atoms with Gasteiger partial charge in [0.1, 0.15) is 0 Å². The molecule has 0 unspecified atom stereocenters. The van der Waals surface area contributed by atoms with Crippen molar-refractivity contribution in [2.75, 3.05) is 23.7 Å². The summed E-state index contributed by atoms with van der Waals surface area (Å²) in [6.45, 7) is 1.07. The SMILES string of the molecule is O=C(Nc1ccccc1)[C@@H]1CCCN(C(=O)Nc2cn[nH]c2)C1.